The minimum atomic E-state index is -0.358. The molecule has 1 amide bonds. The second-order valence-corrected chi connectivity index (χ2v) is 5.90. The zero-order valence-corrected chi connectivity index (χ0v) is 12.5. The summed E-state index contributed by atoms with van der Waals surface area (Å²) in [6.45, 7) is 4.58. The second kappa shape index (κ2) is 5.15. The van der Waals surface area contributed by atoms with Gasteiger partial charge in [0, 0.05) is 17.3 Å². The molecule has 1 fully saturated rings. The molecular weight excluding hydrogens is 320 g/mol. The van der Waals surface area contributed by atoms with Crippen molar-refractivity contribution in [1.29, 1.82) is 0 Å². The van der Waals surface area contributed by atoms with E-state index in [2.05, 4.69) is 26.2 Å². The van der Waals surface area contributed by atoms with Gasteiger partial charge in [0.05, 0.1) is 17.2 Å². The fraction of sp³-hybridized carbons (Fsp3) is 0.500. The van der Waals surface area contributed by atoms with E-state index in [-0.39, 0.29) is 22.7 Å². The second-order valence-electron chi connectivity index (χ2n) is 4.63. The van der Waals surface area contributed by atoms with Crippen LogP contribution in [0.3, 0.4) is 0 Å². The van der Waals surface area contributed by atoms with Gasteiger partial charge >= 0.3 is 0 Å². The van der Waals surface area contributed by atoms with E-state index in [1.807, 2.05) is 13.8 Å². The van der Waals surface area contributed by atoms with Crippen molar-refractivity contribution >= 4 is 33.4 Å². The molecule has 98 valence electrons. The third-order valence-corrected chi connectivity index (χ3v) is 4.07. The summed E-state index contributed by atoms with van der Waals surface area (Å²) in [6, 6.07) is 1.66. The lowest BCUT2D eigenvalue weighted by atomic mass is 9.94. The Kier molecular flexibility index (Phi) is 3.94. The Morgan fingerprint density at radius 2 is 2.44 bits per heavy atom. The fourth-order valence-corrected chi connectivity index (χ4v) is 2.43. The first kappa shape index (κ1) is 13.8. The molecule has 0 spiro atoms. The molecule has 1 aromatic heterocycles. The third-order valence-electron chi connectivity index (χ3n) is 3.34. The first-order chi connectivity index (χ1) is 8.42. The molecule has 2 unspecified atom stereocenters. The minimum absolute atomic E-state index is 0.0136. The maximum absolute atomic E-state index is 12.2. The number of pyridine rings is 1. The number of aromatic nitrogens is 1. The van der Waals surface area contributed by atoms with Crippen LogP contribution in [0.5, 0.6) is 0 Å². The molecule has 4 nitrogen and oxygen atoms in total. The Bertz CT molecular complexity index is 483. The van der Waals surface area contributed by atoms with Crippen LogP contribution in [0.15, 0.2) is 16.7 Å². The highest BCUT2D eigenvalue weighted by Crippen LogP contribution is 2.26. The summed E-state index contributed by atoms with van der Waals surface area (Å²) in [5.41, 5.74) is 0.00860. The summed E-state index contributed by atoms with van der Waals surface area (Å²) in [5.74, 6) is -0.228. The van der Waals surface area contributed by atoms with E-state index in [0.717, 1.165) is 10.9 Å². The van der Waals surface area contributed by atoms with Crippen molar-refractivity contribution < 1.29 is 9.53 Å². The van der Waals surface area contributed by atoms with Gasteiger partial charge in [-0.1, -0.05) is 11.6 Å². The molecule has 0 saturated carbocycles. The monoisotopic (exact) mass is 332 g/mol. The van der Waals surface area contributed by atoms with Gasteiger partial charge in [0.1, 0.15) is 5.15 Å². The predicted molar refractivity (Wildman–Crippen MR) is 72.8 cm³/mol. The molecule has 0 bridgehead atoms. The van der Waals surface area contributed by atoms with Crippen LogP contribution in [-0.2, 0) is 4.74 Å². The number of carbonyl (C=O) groups excluding carboxylic acids is 1. The normalized spacial score (nSPS) is 27.2. The number of carbonyl (C=O) groups is 1. The van der Waals surface area contributed by atoms with Crippen LogP contribution in [0.1, 0.15) is 30.6 Å². The molecule has 1 N–H and O–H groups in total. The topological polar surface area (TPSA) is 51.2 Å². The van der Waals surface area contributed by atoms with Crippen LogP contribution in [0.2, 0.25) is 5.15 Å². The summed E-state index contributed by atoms with van der Waals surface area (Å²) in [6.07, 6.45) is 2.33. The zero-order valence-electron chi connectivity index (χ0n) is 10.2. The fourth-order valence-electron chi connectivity index (χ4n) is 1.91. The average molecular weight is 334 g/mol. The molecule has 2 rings (SSSR count). The summed E-state index contributed by atoms with van der Waals surface area (Å²) in [7, 11) is 0. The van der Waals surface area contributed by atoms with Crippen LogP contribution in [-0.4, -0.2) is 29.1 Å². The summed E-state index contributed by atoms with van der Waals surface area (Å²) in [5, 5.41) is 3.18. The van der Waals surface area contributed by atoms with Crippen molar-refractivity contribution in [2.75, 3.05) is 6.61 Å². The molecule has 1 aliphatic heterocycles. The number of ether oxygens (including phenoxy) is 1. The zero-order chi connectivity index (χ0) is 13.3. The molecule has 6 heteroatoms. The summed E-state index contributed by atoms with van der Waals surface area (Å²) >= 11 is 9.21. The molecule has 0 aliphatic carbocycles. The number of hydrogen-bond donors (Lipinski definition) is 1. The summed E-state index contributed by atoms with van der Waals surface area (Å²) in [4.78, 5) is 16.2. The van der Waals surface area contributed by atoms with Gasteiger partial charge < -0.3 is 10.1 Å². The molecule has 1 aromatic rings. The van der Waals surface area contributed by atoms with Crippen molar-refractivity contribution in [3.05, 3.63) is 27.5 Å². The van der Waals surface area contributed by atoms with Gasteiger partial charge in [0.2, 0.25) is 0 Å². The number of rotatable bonds is 2. The molecule has 2 heterocycles. The predicted octanol–water partition coefficient (Wildman–Crippen LogP) is 2.79. The first-order valence-corrected chi connectivity index (χ1v) is 6.84. The number of nitrogens with one attached hydrogen (secondary N) is 1. The molecule has 0 radical (unpaired) electrons. The number of halogens is 2. The van der Waals surface area contributed by atoms with Crippen LogP contribution in [0, 0.1) is 0 Å². The first-order valence-electron chi connectivity index (χ1n) is 5.67. The van der Waals surface area contributed by atoms with E-state index >= 15 is 0 Å². The van der Waals surface area contributed by atoms with E-state index in [0.29, 0.717) is 12.2 Å². The van der Waals surface area contributed by atoms with E-state index in [4.69, 9.17) is 16.3 Å². The van der Waals surface area contributed by atoms with Gasteiger partial charge in [-0.15, -0.1) is 0 Å². The van der Waals surface area contributed by atoms with Gasteiger partial charge in [-0.25, -0.2) is 4.98 Å². The highest BCUT2D eigenvalue weighted by atomic mass is 79.9. The van der Waals surface area contributed by atoms with Gasteiger partial charge in [-0.2, -0.15) is 0 Å². The molecule has 1 aliphatic rings. The van der Waals surface area contributed by atoms with Crippen LogP contribution in [0.4, 0.5) is 0 Å². The molecule has 2 atom stereocenters. The molecular formula is C12H14BrClN2O2. The van der Waals surface area contributed by atoms with Crippen molar-refractivity contribution in [3.8, 4) is 0 Å². The van der Waals surface area contributed by atoms with Gasteiger partial charge in [0.25, 0.3) is 5.91 Å². The lowest BCUT2D eigenvalue weighted by Crippen LogP contribution is -2.50. The van der Waals surface area contributed by atoms with Crippen LogP contribution >= 0.6 is 27.5 Å². The van der Waals surface area contributed by atoms with Crippen molar-refractivity contribution in [2.24, 2.45) is 0 Å². The van der Waals surface area contributed by atoms with Crippen LogP contribution in [0.25, 0.3) is 0 Å². The number of nitrogens with zero attached hydrogens (tertiary/aromatic N) is 1. The minimum Gasteiger partial charge on any atom is -0.376 e. The highest BCUT2D eigenvalue weighted by molar-refractivity contribution is 9.10. The Morgan fingerprint density at radius 3 is 3.06 bits per heavy atom. The van der Waals surface area contributed by atoms with E-state index in [9.17, 15) is 4.79 Å². The van der Waals surface area contributed by atoms with E-state index < -0.39 is 0 Å². The highest BCUT2D eigenvalue weighted by Gasteiger charge is 2.38. The van der Waals surface area contributed by atoms with Gasteiger partial charge in [-0.3, -0.25) is 4.79 Å². The van der Waals surface area contributed by atoms with Crippen molar-refractivity contribution in [2.45, 2.75) is 31.9 Å². The van der Waals surface area contributed by atoms with Crippen molar-refractivity contribution in [3.63, 3.8) is 0 Å². The number of amides is 1. The van der Waals surface area contributed by atoms with Crippen LogP contribution < -0.4 is 5.32 Å². The maximum atomic E-state index is 12.2. The van der Waals surface area contributed by atoms with Crippen molar-refractivity contribution in [1.82, 2.24) is 10.3 Å². The Hall–Kier alpha value is -0.650. The SMILES string of the molecule is CC1OCCC1(C)NC(=O)c1cc(Br)cnc1Cl. The standard InChI is InChI=1S/C12H14BrClN2O2/c1-7-12(2,3-4-18-7)16-11(17)9-5-8(13)6-15-10(9)14/h5-7H,3-4H2,1-2H3,(H,16,17). The molecule has 18 heavy (non-hydrogen) atoms. The summed E-state index contributed by atoms with van der Waals surface area (Å²) < 4.78 is 6.21. The largest absolute Gasteiger partial charge is 0.376 e. The lowest BCUT2D eigenvalue weighted by Gasteiger charge is -2.29. The van der Waals surface area contributed by atoms with E-state index in [1.165, 1.54) is 0 Å². The Morgan fingerprint density at radius 1 is 1.72 bits per heavy atom. The van der Waals surface area contributed by atoms with Gasteiger partial charge in [0.15, 0.2) is 0 Å². The average Bonchev–Trinajstić information content (AvgIpc) is 2.62. The van der Waals surface area contributed by atoms with E-state index in [1.54, 1.807) is 12.3 Å². The van der Waals surface area contributed by atoms with Gasteiger partial charge in [-0.05, 0) is 42.3 Å². The Labute approximate surface area is 119 Å². The molecule has 1 saturated heterocycles. The number of hydrogen-bond acceptors (Lipinski definition) is 3. The Balaban J connectivity index is 2.19. The maximum Gasteiger partial charge on any atom is 0.254 e. The smallest absolute Gasteiger partial charge is 0.254 e. The quantitative estimate of drug-likeness (QED) is 0.847. The lowest BCUT2D eigenvalue weighted by molar-refractivity contribution is 0.0727. The third kappa shape index (κ3) is 2.68. The molecule has 0 aromatic carbocycles.